The molecule has 3 rings (SSSR count). The highest BCUT2D eigenvalue weighted by molar-refractivity contribution is 5.75. The van der Waals surface area contributed by atoms with Crippen molar-refractivity contribution in [1.29, 1.82) is 0 Å². The zero-order chi connectivity index (χ0) is 17.1. The molecule has 6 heteroatoms. The summed E-state index contributed by atoms with van der Waals surface area (Å²) >= 11 is 0. The Morgan fingerprint density at radius 1 is 1.12 bits per heavy atom. The maximum Gasteiger partial charge on any atom is 0.303 e. The molecule has 0 aliphatic carbocycles. The number of rotatable bonds is 5. The van der Waals surface area contributed by atoms with Crippen molar-refractivity contribution < 1.29 is 14.3 Å². The minimum absolute atomic E-state index is 0.0380. The maximum absolute atomic E-state index is 14.0. The van der Waals surface area contributed by atoms with E-state index in [1.54, 1.807) is 42.5 Å². The first-order valence-corrected chi connectivity index (χ1v) is 7.50. The Morgan fingerprint density at radius 3 is 2.58 bits per heavy atom. The lowest BCUT2D eigenvalue weighted by atomic mass is 10.1. The van der Waals surface area contributed by atoms with Crippen LogP contribution in [0.3, 0.4) is 0 Å². The quantitative estimate of drug-likeness (QED) is 0.782. The minimum Gasteiger partial charge on any atom is -0.481 e. The van der Waals surface area contributed by atoms with E-state index in [-0.39, 0.29) is 25.1 Å². The zero-order valence-corrected chi connectivity index (χ0v) is 12.8. The Bertz CT molecular complexity index is 966. The summed E-state index contributed by atoms with van der Waals surface area (Å²) in [4.78, 5) is 27.8. The smallest absolute Gasteiger partial charge is 0.303 e. The second kappa shape index (κ2) is 6.62. The van der Waals surface area contributed by atoms with Gasteiger partial charge in [0.1, 0.15) is 11.5 Å². The van der Waals surface area contributed by atoms with Crippen molar-refractivity contribution in [3.05, 3.63) is 76.0 Å². The number of aryl methyl sites for hydroxylation is 1. The summed E-state index contributed by atoms with van der Waals surface area (Å²) in [5.74, 6) is -1.39. The number of carbonyl (C=O) groups is 1. The van der Waals surface area contributed by atoms with E-state index in [2.05, 4.69) is 4.98 Å². The number of halogens is 1. The van der Waals surface area contributed by atoms with Crippen LogP contribution >= 0.6 is 0 Å². The molecule has 0 aliphatic heterocycles. The monoisotopic (exact) mass is 326 g/mol. The molecule has 1 heterocycles. The molecule has 0 bridgehead atoms. The maximum atomic E-state index is 14.0. The normalized spacial score (nSPS) is 10.9. The number of para-hydroxylation sites is 2. The van der Waals surface area contributed by atoms with Crippen molar-refractivity contribution in [2.24, 2.45) is 0 Å². The molecule has 0 unspecified atom stereocenters. The summed E-state index contributed by atoms with van der Waals surface area (Å²) in [6, 6.07) is 13.3. The van der Waals surface area contributed by atoms with Gasteiger partial charge in [0, 0.05) is 12.0 Å². The van der Waals surface area contributed by atoms with Gasteiger partial charge in [-0.25, -0.2) is 9.37 Å². The Kier molecular flexibility index (Phi) is 4.37. The average Bonchev–Trinajstić information content (AvgIpc) is 2.57. The number of nitrogens with zero attached hydrogens (tertiary/aromatic N) is 2. The van der Waals surface area contributed by atoms with Crippen molar-refractivity contribution in [3.63, 3.8) is 0 Å². The number of benzene rings is 2. The van der Waals surface area contributed by atoms with Gasteiger partial charge in [-0.1, -0.05) is 30.3 Å². The highest BCUT2D eigenvalue weighted by atomic mass is 19.1. The Hall–Kier alpha value is -3.02. The van der Waals surface area contributed by atoms with Gasteiger partial charge >= 0.3 is 5.97 Å². The van der Waals surface area contributed by atoms with E-state index in [4.69, 9.17) is 5.11 Å². The molecule has 3 aromatic rings. The molecular formula is C18H15FN2O3. The summed E-state index contributed by atoms with van der Waals surface area (Å²) in [6.07, 6.45) is -0.142. The number of aromatic nitrogens is 2. The van der Waals surface area contributed by atoms with Gasteiger partial charge < -0.3 is 9.67 Å². The topological polar surface area (TPSA) is 72.2 Å². The number of fused-ring (bicyclic) bond motifs is 1. The number of hydrogen-bond donors (Lipinski definition) is 1. The van der Waals surface area contributed by atoms with Crippen LogP contribution in [0, 0.1) is 5.82 Å². The van der Waals surface area contributed by atoms with E-state index in [1.165, 1.54) is 10.6 Å². The van der Waals surface area contributed by atoms with Crippen molar-refractivity contribution in [1.82, 2.24) is 9.55 Å². The highest BCUT2D eigenvalue weighted by Crippen LogP contribution is 2.14. The average molecular weight is 326 g/mol. The number of aliphatic carboxylic acids is 1. The van der Waals surface area contributed by atoms with E-state index in [0.717, 1.165) is 0 Å². The predicted octanol–water partition coefficient (Wildman–Crippen LogP) is 2.60. The fourth-order valence-corrected chi connectivity index (χ4v) is 2.59. The molecular weight excluding hydrogens is 311 g/mol. The summed E-state index contributed by atoms with van der Waals surface area (Å²) in [5, 5.41) is 8.83. The van der Waals surface area contributed by atoms with Crippen LogP contribution in [-0.2, 0) is 17.8 Å². The van der Waals surface area contributed by atoms with Crippen molar-refractivity contribution in [2.45, 2.75) is 19.4 Å². The third kappa shape index (κ3) is 3.17. The molecule has 0 amide bonds. The summed E-state index contributed by atoms with van der Waals surface area (Å²) in [6.45, 7) is 0.0641. The van der Waals surface area contributed by atoms with Crippen LogP contribution < -0.4 is 5.56 Å². The molecule has 5 nitrogen and oxygen atoms in total. The predicted molar refractivity (Wildman–Crippen MR) is 87.5 cm³/mol. The van der Waals surface area contributed by atoms with Gasteiger partial charge in [0.15, 0.2) is 0 Å². The SMILES string of the molecule is O=C(O)CCc1nc2ccccc2n(Cc2ccccc2F)c1=O. The van der Waals surface area contributed by atoms with Gasteiger partial charge in [-0.15, -0.1) is 0 Å². The summed E-state index contributed by atoms with van der Waals surface area (Å²) in [5.41, 5.74) is 1.34. The van der Waals surface area contributed by atoms with Gasteiger partial charge in [0.2, 0.25) is 0 Å². The molecule has 1 N–H and O–H groups in total. The molecule has 0 aliphatic rings. The van der Waals surface area contributed by atoms with Gasteiger partial charge in [-0.05, 0) is 18.2 Å². The number of carboxylic acid groups (broad SMARTS) is 1. The molecule has 1 aromatic heterocycles. The first-order chi connectivity index (χ1) is 11.6. The van der Waals surface area contributed by atoms with E-state index in [0.29, 0.717) is 16.6 Å². The van der Waals surface area contributed by atoms with Crippen LogP contribution in [0.25, 0.3) is 11.0 Å². The number of hydrogen-bond acceptors (Lipinski definition) is 3. The van der Waals surface area contributed by atoms with Crippen LogP contribution in [-0.4, -0.2) is 20.6 Å². The van der Waals surface area contributed by atoms with E-state index in [1.807, 2.05) is 0 Å². The molecule has 0 fully saturated rings. The van der Waals surface area contributed by atoms with Crippen molar-refractivity contribution >= 4 is 17.0 Å². The third-order valence-corrected chi connectivity index (χ3v) is 3.78. The van der Waals surface area contributed by atoms with E-state index < -0.39 is 17.3 Å². The molecule has 0 atom stereocenters. The first kappa shape index (κ1) is 15.9. The van der Waals surface area contributed by atoms with Gasteiger partial charge in [0.25, 0.3) is 5.56 Å². The van der Waals surface area contributed by atoms with Gasteiger partial charge in [-0.2, -0.15) is 0 Å². The van der Waals surface area contributed by atoms with Gasteiger partial charge in [-0.3, -0.25) is 9.59 Å². The fourth-order valence-electron chi connectivity index (χ4n) is 2.59. The molecule has 0 saturated heterocycles. The molecule has 2 aromatic carbocycles. The Balaban J connectivity index is 2.13. The second-order valence-corrected chi connectivity index (χ2v) is 5.42. The standard InChI is InChI=1S/C18H15FN2O3/c19-13-6-2-1-5-12(13)11-21-16-8-4-3-7-14(16)20-15(18(21)24)9-10-17(22)23/h1-8H,9-11H2,(H,22,23). The molecule has 122 valence electrons. The molecule has 24 heavy (non-hydrogen) atoms. The van der Waals surface area contributed by atoms with Crippen molar-refractivity contribution in [2.75, 3.05) is 0 Å². The lowest BCUT2D eigenvalue weighted by Gasteiger charge is -2.12. The lowest BCUT2D eigenvalue weighted by molar-refractivity contribution is -0.136. The van der Waals surface area contributed by atoms with Gasteiger partial charge in [0.05, 0.1) is 24.0 Å². The zero-order valence-electron chi connectivity index (χ0n) is 12.8. The van der Waals surface area contributed by atoms with E-state index in [9.17, 15) is 14.0 Å². The molecule has 0 spiro atoms. The van der Waals surface area contributed by atoms with Crippen LogP contribution in [0.1, 0.15) is 17.7 Å². The molecule has 0 radical (unpaired) electrons. The number of carboxylic acids is 1. The van der Waals surface area contributed by atoms with Crippen LogP contribution in [0.15, 0.2) is 53.3 Å². The van der Waals surface area contributed by atoms with E-state index >= 15 is 0 Å². The van der Waals surface area contributed by atoms with Crippen molar-refractivity contribution in [3.8, 4) is 0 Å². The largest absolute Gasteiger partial charge is 0.481 e. The first-order valence-electron chi connectivity index (χ1n) is 7.50. The Labute approximate surface area is 137 Å². The van der Waals surface area contributed by atoms with Crippen LogP contribution in [0.4, 0.5) is 4.39 Å². The van der Waals surface area contributed by atoms with Crippen LogP contribution in [0.2, 0.25) is 0 Å². The minimum atomic E-state index is -0.995. The van der Waals surface area contributed by atoms with Crippen LogP contribution in [0.5, 0.6) is 0 Å². The third-order valence-electron chi connectivity index (χ3n) is 3.78. The summed E-state index contributed by atoms with van der Waals surface area (Å²) < 4.78 is 15.4. The lowest BCUT2D eigenvalue weighted by Crippen LogP contribution is -2.27. The highest BCUT2D eigenvalue weighted by Gasteiger charge is 2.13. The summed E-state index contributed by atoms with van der Waals surface area (Å²) in [7, 11) is 0. The Morgan fingerprint density at radius 2 is 1.83 bits per heavy atom. The fraction of sp³-hybridized carbons (Fsp3) is 0.167. The molecule has 0 saturated carbocycles. The second-order valence-electron chi connectivity index (χ2n) is 5.42.